The van der Waals surface area contributed by atoms with E-state index in [4.69, 9.17) is 15.6 Å². The molecule has 0 atom stereocenters. The van der Waals surface area contributed by atoms with Gasteiger partial charge in [-0.05, 0) is 5.56 Å². The molecule has 4 heteroatoms. The Hall–Kier alpha value is -1.81. The van der Waals surface area contributed by atoms with Gasteiger partial charge in [0.1, 0.15) is 0 Å². The normalized spacial score (nSPS) is 9.21. The van der Waals surface area contributed by atoms with E-state index in [2.05, 4.69) is 5.73 Å². The molecule has 0 radical (unpaired) electrons. The molecule has 0 aliphatic heterocycles. The van der Waals surface area contributed by atoms with Gasteiger partial charge in [-0.15, -0.1) is 0 Å². The molecule has 0 fully saturated rings. The van der Waals surface area contributed by atoms with Crippen LogP contribution in [0.3, 0.4) is 0 Å². The minimum atomic E-state index is -1.33. The van der Waals surface area contributed by atoms with E-state index in [0.717, 1.165) is 0 Å². The van der Waals surface area contributed by atoms with Crippen molar-refractivity contribution in [1.82, 2.24) is 0 Å². The topological polar surface area (TPSA) is 89.3 Å². The first-order chi connectivity index (χ1) is 6.66. The van der Waals surface area contributed by atoms with Crippen LogP contribution in [0.15, 0.2) is 36.4 Å². The van der Waals surface area contributed by atoms with Gasteiger partial charge < -0.3 is 16.6 Å². The molecule has 0 bridgehead atoms. The third kappa shape index (κ3) is 8.29. The minimum Gasteiger partial charge on any atom is -0.465 e. The zero-order valence-electron chi connectivity index (χ0n) is 7.76. The Balaban J connectivity index is 0.000000364. The van der Waals surface area contributed by atoms with Gasteiger partial charge >= 0.3 is 6.09 Å². The zero-order valence-corrected chi connectivity index (χ0v) is 7.76. The van der Waals surface area contributed by atoms with Gasteiger partial charge in [0, 0.05) is 6.54 Å². The summed E-state index contributed by atoms with van der Waals surface area (Å²) in [4.78, 5) is 8.78. The predicted molar refractivity (Wildman–Crippen MR) is 56.7 cm³/mol. The Morgan fingerprint density at radius 1 is 1.36 bits per heavy atom. The Morgan fingerprint density at radius 2 is 1.86 bits per heavy atom. The number of primary amides is 1. The van der Waals surface area contributed by atoms with Crippen LogP contribution in [0, 0.1) is 0 Å². The Bertz CT molecular complexity index is 279. The first kappa shape index (κ1) is 12.2. The summed E-state index contributed by atoms with van der Waals surface area (Å²) in [6.07, 6.45) is 2.62. The number of amides is 1. The van der Waals surface area contributed by atoms with Gasteiger partial charge in [-0.3, -0.25) is 0 Å². The molecule has 4 nitrogen and oxygen atoms in total. The molecule has 1 aromatic rings. The highest BCUT2D eigenvalue weighted by atomic mass is 16.4. The average Bonchev–Trinajstić information content (AvgIpc) is 2.15. The van der Waals surface area contributed by atoms with Crippen LogP contribution in [0.25, 0.3) is 6.08 Å². The fraction of sp³-hybridized carbons (Fsp3) is 0.100. The molecule has 5 N–H and O–H groups in total. The van der Waals surface area contributed by atoms with E-state index in [1.54, 1.807) is 0 Å². The number of nitrogens with two attached hydrogens (primary N) is 2. The minimum absolute atomic E-state index is 0.606. The van der Waals surface area contributed by atoms with E-state index >= 15 is 0 Å². The van der Waals surface area contributed by atoms with Gasteiger partial charge in [0.15, 0.2) is 0 Å². The molecule has 1 rings (SSSR count). The Labute approximate surface area is 82.8 Å². The van der Waals surface area contributed by atoms with E-state index in [1.165, 1.54) is 5.56 Å². The number of carbonyl (C=O) groups is 1. The van der Waals surface area contributed by atoms with Crippen LogP contribution in [-0.4, -0.2) is 17.7 Å². The van der Waals surface area contributed by atoms with Crippen LogP contribution in [0.4, 0.5) is 4.79 Å². The molecule has 0 saturated carbocycles. The van der Waals surface area contributed by atoms with Gasteiger partial charge in [-0.2, -0.15) is 0 Å². The summed E-state index contributed by atoms with van der Waals surface area (Å²) in [7, 11) is 0. The largest absolute Gasteiger partial charge is 0.465 e. The molecule has 0 unspecified atom stereocenters. The van der Waals surface area contributed by atoms with Crippen molar-refractivity contribution in [2.45, 2.75) is 0 Å². The number of benzene rings is 1. The van der Waals surface area contributed by atoms with Crippen LogP contribution in [0.5, 0.6) is 0 Å². The zero-order chi connectivity index (χ0) is 10.8. The third-order valence-corrected chi connectivity index (χ3v) is 1.25. The second kappa shape index (κ2) is 7.82. The molecule has 0 saturated heterocycles. The van der Waals surface area contributed by atoms with Crippen LogP contribution >= 0.6 is 0 Å². The van der Waals surface area contributed by atoms with Crippen molar-refractivity contribution in [3.8, 4) is 0 Å². The molecule has 0 heterocycles. The lowest BCUT2D eigenvalue weighted by atomic mass is 10.2. The monoisotopic (exact) mass is 194 g/mol. The first-order valence-corrected chi connectivity index (χ1v) is 4.07. The highest BCUT2D eigenvalue weighted by Crippen LogP contribution is 1.99. The van der Waals surface area contributed by atoms with Gasteiger partial charge in [0.2, 0.25) is 0 Å². The van der Waals surface area contributed by atoms with Crippen molar-refractivity contribution in [1.29, 1.82) is 0 Å². The molecule has 1 aromatic carbocycles. The number of hydrogen-bond acceptors (Lipinski definition) is 2. The fourth-order valence-electron chi connectivity index (χ4n) is 0.768. The summed E-state index contributed by atoms with van der Waals surface area (Å²) in [5.74, 6) is 0. The van der Waals surface area contributed by atoms with Crippen molar-refractivity contribution in [2.24, 2.45) is 11.5 Å². The molecule has 0 aliphatic rings. The predicted octanol–water partition coefficient (Wildman–Crippen LogP) is 1.28. The average molecular weight is 194 g/mol. The lowest BCUT2D eigenvalue weighted by molar-refractivity contribution is 0.205. The fourth-order valence-corrected chi connectivity index (χ4v) is 0.768. The van der Waals surface area contributed by atoms with Crippen molar-refractivity contribution < 1.29 is 9.90 Å². The summed E-state index contributed by atoms with van der Waals surface area (Å²) in [5, 5.41) is 7.19. The van der Waals surface area contributed by atoms with E-state index in [-0.39, 0.29) is 0 Å². The summed E-state index contributed by atoms with van der Waals surface area (Å²) in [6, 6.07) is 10.1. The van der Waals surface area contributed by atoms with Gasteiger partial charge in [0.25, 0.3) is 0 Å². The standard InChI is InChI=1S/C9H11N.CH3NO2/c10-8-4-7-9-5-2-1-3-6-9;2-1(3)4/h1-7H,8,10H2;2H2,(H,3,4). The molecule has 0 aliphatic carbocycles. The molecule has 76 valence electrons. The lowest BCUT2D eigenvalue weighted by Gasteiger charge is -1.88. The van der Waals surface area contributed by atoms with Crippen LogP contribution < -0.4 is 11.5 Å². The summed E-state index contributed by atoms with van der Waals surface area (Å²) >= 11 is 0. The summed E-state index contributed by atoms with van der Waals surface area (Å²) < 4.78 is 0. The lowest BCUT2D eigenvalue weighted by Crippen LogP contribution is -2.03. The summed E-state index contributed by atoms with van der Waals surface area (Å²) in [6.45, 7) is 0.606. The maximum Gasteiger partial charge on any atom is 0.402 e. The van der Waals surface area contributed by atoms with Gasteiger partial charge in [0.05, 0.1) is 0 Å². The Kier molecular flexibility index (Phi) is 6.81. The maximum atomic E-state index is 8.78. The number of rotatable bonds is 2. The highest BCUT2D eigenvalue weighted by molar-refractivity contribution is 5.61. The van der Waals surface area contributed by atoms with E-state index in [0.29, 0.717) is 6.54 Å². The maximum absolute atomic E-state index is 8.78. The van der Waals surface area contributed by atoms with E-state index in [1.807, 2.05) is 42.5 Å². The van der Waals surface area contributed by atoms with Crippen LogP contribution in [0.1, 0.15) is 5.56 Å². The molecular weight excluding hydrogens is 180 g/mol. The van der Waals surface area contributed by atoms with Gasteiger partial charge in [-0.25, -0.2) is 4.79 Å². The molecular formula is C10H14N2O2. The number of carboxylic acid groups (broad SMARTS) is 1. The van der Waals surface area contributed by atoms with Crippen molar-refractivity contribution in [3.05, 3.63) is 42.0 Å². The van der Waals surface area contributed by atoms with E-state index < -0.39 is 6.09 Å². The molecule has 0 spiro atoms. The third-order valence-electron chi connectivity index (χ3n) is 1.25. The molecule has 0 aromatic heterocycles. The Morgan fingerprint density at radius 3 is 2.29 bits per heavy atom. The van der Waals surface area contributed by atoms with Crippen molar-refractivity contribution in [3.63, 3.8) is 0 Å². The smallest absolute Gasteiger partial charge is 0.402 e. The van der Waals surface area contributed by atoms with Gasteiger partial charge in [-0.1, -0.05) is 42.5 Å². The van der Waals surface area contributed by atoms with Crippen LogP contribution in [-0.2, 0) is 0 Å². The molecule has 1 amide bonds. The van der Waals surface area contributed by atoms with Crippen molar-refractivity contribution >= 4 is 12.2 Å². The van der Waals surface area contributed by atoms with E-state index in [9.17, 15) is 0 Å². The first-order valence-electron chi connectivity index (χ1n) is 4.07. The SMILES string of the molecule is NC(=O)O.NCC=Cc1ccccc1. The highest BCUT2D eigenvalue weighted by Gasteiger charge is 1.79. The second-order valence-electron chi connectivity index (χ2n) is 2.39. The number of hydrogen-bond donors (Lipinski definition) is 3. The van der Waals surface area contributed by atoms with Crippen LogP contribution in [0.2, 0.25) is 0 Å². The second-order valence-corrected chi connectivity index (χ2v) is 2.39. The quantitative estimate of drug-likeness (QED) is 0.662. The van der Waals surface area contributed by atoms with Crippen molar-refractivity contribution in [2.75, 3.05) is 6.54 Å². The summed E-state index contributed by atoms with van der Waals surface area (Å²) in [5.41, 5.74) is 10.5. The molecule has 14 heavy (non-hydrogen) atoms.